The molecule has 1 aliphatic rings. The van der Waals surface area contributed by atoms with Gasteiger partial charge in [0.2, 0.25) is 0 Å². The summed E-state index contributed by atoms with van der Waals surface area (Å²) in [7, 11) is 0. The molecule has 2 aromatic carbocycles. The van der Waals surface area contributed by atoms with Crippen molar-refractivity contribution in [1.82, 2.24) is 10.6 Å². The summed E-state index contributed by atoms with van der Waals surface area (Å²) in [6.07, 6.45) is 1.73. The van der Waals surface area contributed by atoms with Gasteiger partial charge in [-0.2, -0.15) is 0 Å². The molecule has 29 heavy (non-hydrogen) atoms. The topological polar surface area (TPSA) is 59.9 Å². The monoisotopic (exact) mass is 398 g/mol. The van der Waals surface area contributed by atoms with Gasteiger partial charge >= 0.3 is 0 Å². The van der Waals surface area contributed by atoms with Crippen LogP contribution in [0.1, 0.15) is 50.0 Å². The number of hydrogen-bond acceptors (Lipinski definition) is 3. The number of aliphatic imine (C=N–C) groups is 1. The van der Waals surface area contributed by atoms with Gasteiger partial charge in [0.1, 0.15) is 5.82 Å². The van der Waals surface area contributed by atoms with E-state index in [0.29, 0.717) is 11.5 Å². The average molecular weight is 399 g/mol. The quantitative estimate of drug-likeness (QED) is 0.491. The predicted octanol–water partition coefficient (Wildman–Crippen LogP) is 3.78. The van der Waals surface area contributed by atoms with Crippen molar-refractivity contribution in [2.75, 3.05) is 31.1 Å². The van der Waals surface area contributed by atoms with Crippen LogP contribution in [-0.2, 0) is 0 Å². The summed E-state index contributed by atoms with van der Waals surface area (Å²) in [5.41, 5.74) is 3.11. The van der Waals surface area contributed by atoms with Crippen LogP contribution in [-0.4, -0.2) is 37.2 Å². The second-order valence-corrected chi connectivity index (χ2v) is 7.44. The maximum atomic E-state index is 13.1. The number of anilines is 1. The molecule has 1 fully saturated rings. The summed E-state index contributed by atoms with van der Waals surface area (Å²) < 4.78 is 13.1. The summed E-state index contributed by atoms with van der Waals surface area (Å²) in [5, 5.41) is 17.0. The van der Waals surface area contributed by atoms with Crippen LogP contribution in [0.25, 0.3) is 0 Å². The van der Waals surface area contributed by atoms with E-state index in [9.17, 15) is 9.50 Å². The molecule has 3 rings (SSSR count). The summed E-state index contributed by atoms with van der Waals surface area (Å²) in [5.74, 6) is 0.331. The van der Waals surface area contributed by atoms with E-state index in [2.05, 4.69) is 51.7 Å². The largest absolute Gasteiger partial charge is 0.386 e. The first-order chi connectivity index (χ1) is 14.1. The molecule has 0 aromatic heterocycles. The number of nitrogens with zero attached hydrogens (tertiary/aromatic N) is 2. The van der Waals surface area contributed by atoms with Gasteiger partial charge in [0.15, 0.2) is 5.96 Å². The van der Waals surface area contributed by atoms with E-state index >= 15 is 0 Å². The van der Waals surface area contributed by atoms with Gasteiger partial charge in [0, 0.05) is 25.3 Å². The van der Waals surface area contributed by atoms with Crippen LogP contribution in [0.3, 0.4) is 0 Å². The maximum absolute atomic E-state index is 13.1. The molecule has 0 spiro atoms. The average Bonchev–Trinajstić information content (AvgIpc) is 3.27. The molecule has 1 heterocycles. The van der Waals surface area contributed by atoms with Crippen molar-refractivity contribution in [3.8, 4) is 0 Å². The lowest BCUT2D eigenvalue weighted by Gasteiger charge is -2.22. The van der Waals surface area contributed by atoms with Crippen LogP contribution < -0.4 is 15.5 Å². The van der Waals surface area contributed by atoms with Gasteiger partial charge in [-0.15, -0.1) is 0 Å². The molecule has 1 aliphatic heterocycles. The Balaban J connectivity index is 1.65. The Morgan fingerprint density at radius 3 is 2.55 bits per heavy atom. The van der Waals surface area contributed by atoms with Crippen molar-refractivity contribution in [2.24, 2.45) is 4.99 Å². The molecule has 0 aliphatic carbocycles. The molecule has 0 saturated carbocycles. The van der Waals surface area contributed by atoms with Crippen molar-refractivity contribution in [1.29, 1.82) is 0 Å². The molecule has 6 heteroatoms. The zero-order valence-electron chi connectivity index (χ0n) is 17.2. The minimum absolute atomic E-state index is 0.0679. The first kappa shape index (κ1) is 21.1. The van der Waals surface area contributed by atoms with Crippen LogP contribution in [0.5, 0.6) is 0 Å². The maximum Gasteiger partial charge on any atom is 0.191 e. The van der Waals surface area contributed by atoms with Crippen LogP contribution in [0.2, 0.25) is 0 Å². The van der Waals surface area contributed by atoms with Crippen LogP contribution in [0.15, 0.2) is 53.5 Å². The zero-order valence-corrected chi connectivity index (χ0v) is 17.2. The van der Waals surface area contributed by atoms with Crippen LogP contribution in [0, 0.1) is 5.82 Å². The van der Waals surface area contributed by atoms with E-state index < -0.39 is 6.10 Å². The van der Waals surface area contributed by atoms with Crippen molar-refractivity contribution < 1.29 is 9.50 Å². The predicted molar refractivity (Wildman–Crippen MR) is 117 cm³/mol. The summed E-state index contributed by atoms with van der Waals surface area (Å²) in [6.45, 7) is 7.27. The third-order valence-corrected chi connectivity index (χ3v) is 5.22. The molecule has 2 aromatic rings. The fourth-order valence-electron chi connectivity index (χ4n) is 3.54. The molecule has 2 unspecified atom stereocenters. The third kappa shape index (κ3) is 5.94. The SMILES string of the molecule is CCNC(=NCC(O)c1ccc(F)cc1)NC(C)c1cccc(N2CCCC2)c1. The molecule has 156 valence electrons. The Morgan fingerprint density at radius 2 is 1.86 bits per heavy atom. The minimum Gasteiger partial charge on any atom is -0.386 e. The second kappa shape index (κ2) is 10.3. The number of halogens is 1. The molecule has 2 atom stereocenters. The number of aliphatic hydroxyl groups is 1. The van der Waals surface area contributed by atoms with Crippen LogP contribution in [0.4, 0.5) is 10.1 Å². The highest BCUT2D eigenvalue weighted by Crippen LogP contribution is 2.24. The third-order valence-electron chi connectivity index (χ3n) is 5.22. The Labute approximate surface area is 172 Å². The number of guanidine groups is 1. The normalized spacial score (nSPS) is 16.6. The Morgan fingerprint density at radius 1 is 1.14 bits per heavy atom. The van der Waals surface area contributed by atoms with Crippen molar-refractivity contribution in [3.63, 3.8) is 0 Å². The Hall–Kier alpha value is -2.60. The van der Waals surface area contributed by atoms with Gasteiger partial charge in [-0.25, -0.2) is 4.39 Å². The molecule has 3 N–H and O–H groups in total. The lowest BCUT2D eigenvalue weighted by atomic mass is 10.1. The Bertz CT molecular complexity index is 803. The lowest BCUT2D eigenvalue weighted by molar-refractivity contribution is 0.187. The highest BCUT2D eigenvalue weighted by atomic mass is 19.1. The summed E-state index contributed by atoms with van der Waals surface area (Å²) >= 11 is 0. The number of nitrogens with one attached hydrogen (secondary N) is 2. The first-order valence-electron chi connectivity index (χ1n) is 10.4. The van der Waals surface area contributed by atoms with Crippen molar-refractivity contribution in [2.45, 2.75) is 38.8 Å². The standard InChI is InChI=1S/C23H31FN4O/c1-3-25-23(26-16-22(29)18-9-11-20(24)12-10-18)27-17(2)19-7-6-8-21(15-19)28-13-4-5-14-28/h6-12,15,17,22,29H,3-5,13-14,16H2,1-2H3,(H2,25,26,27). The molecular weight excluding hydrogens is 367 g/mol. The van der Waals surface area contributed by atoms with E-state index in [4.69, 9.17) is 0 Å². The second-order valence-electron chi connectivity index (χ2n) is 7.44. The summed E-state index contributed by atoms with van der Waals surface area (Å²) in [6, 6.07) is 14.6. The van der Waals surface area contributed by atoms with Gasteiger partial charge in [-0.05, 0) is 62.1 Å². The molecule has 5 nitrogen and oxygen atoms in total. The van der Waals surface area contributed by atoms with Gasteiger partial charge < -0.3 is 20.6 Å². The molecule has 1 saturated heterocycles. The van der Waals surface area contributed by atoms with Gasteiger partial charge in [-0.3, -0.25) is 4.99 Å². The van der Waals surface area contributed by atoms with Crippen molar-refractivity contribution >= 4 is 11.6 Å². The number of aliphatic hydroxyl groups excluding tert-OH is 1. The van der Waals surface area contributed by atoms with Gasteiger partial charge in [0.05, 0.1) is 18.7 Å². The number of benzene rings is 2. The van der Waals surface area contributed by atoms with E-state index in [-0.39, 0.29) is 18.4 Å². The van der Waals surface area contributed by atoms with E-state index in [0.717, 1.165) is 19.6 Å². The molecule has 0 bridgehead atoms. The van der Waals surface area contributed by atoms with Crippen LogP contribution >= 0.6 is 0 Å². The van der Waals surface area contributed by atoms with E-state index in [1.54, 1.807) is 12.1 Å². The lowest BCUT2D eigenvalue weighted by Crippen LogP contribution is -2.39. The van der Waals surface area contributed by atoms with Gasteiger partial charge in [-0.1, -0.05) is 24.3 Å². The smallest absolute Gasteiger partial charge is 0.191 e. The summed E-state index contributed by atoms with van der Waals surface area (Å²) in [4.78, 5) is 6.94. The minimum atomic E-state index is -0.778. The zero-order chi connectivity index (χ0) is 20.6. The van der Waals surface area contributed by atoms with Gasteiger partial charge in [0.25, 0.3) is 0 Å². The Kier molecular flexibility index (Phi) is 7.47. The molecule has 0 amide bonds. The van der Waals surface area contributed by atoms with E-state index in [1.807, 2.05) is 6.92 Å². The van der Waals surface area contributed by atoms with E-state index in [1.165, 1.54) is 36.2 Å². The molecular formula is C23H31FN4O. The number of rotatable bonds is 7. The fourth-order valence-corrected chi connectivity index (χ4v) is 3.54. The van der Waals surface area contributed by atoms with Crippen molar-refractivity contribution in [3.05, 3.63) is 65.5 Å². The number of hydrogen-bond donors (Lipinski definition) is 3. The molecule has 0 radical (unpaired) electrons. The highest BCUT2D eigenvalue weighted by molar-refractivity contribution is 5.80. The highest BCUT2D eigenvalue weighted by Gasteiger charge is 2.15. The fraction of sp³-hybridized carbons (Fsp3) is 0.435. The first-order valence-corrected chi connectivity index (χ1v) is 10.4.